The highest BCUT2D eigenvalue weighted by molar-refractivity contribution is 6.04. The van der Waals surface area contributed by atoms with Gasteiger partial charge in [-0.05, 0) is 25.5 Å². The Morgan fingerprint density at radius 2 is 2.06 bits per heavy atom. The van der Waals surface area contributed by atoms with Crippen LogP contribution in [0.1, 0.15) is 22.8 Å². The summed E-state index contributed by atoms with van der Waals surface area (Å²) in [4.78, 5) is 22.9. The molecule has 3 N–H and O–H groups in total. The third-order valence-corrected chi connectivity index (χ3v) is 2.50. The van der Waals surface area contributed by atoms with E-state index in [1.165, 1.54) is 7.11 Å². The van der Waals surface area contributed by atoms with Crippen molar-refractivity contribution in [3.8, 4) is 0 Å². The van der Waals surface area contributed by atoms with Crippen molar-refractivity contribution in [2.24, 2.45) is 5.73 Å². The Bertz CT molecular complexity index is 443. The molecule has 0 saturated heterocycles. The number of nitrogens with two attached hydrogens (primary N) is 1. The molecule has 1 rings (SSSR count). The van der Waals surface area contributed by atoms with Crippen molar-refractivity contribution in [1.82, 2.24) is 0 Å². The predicted molar refractivity (Wildman–Crippen MR) is 64.8 cm³/mol. The van der Waals surface area contributed by atoms with Crippen LogP contribution >= 0.6 is 0 Å². The Morgan fingerprint density at radius 1 is 1.41 bits per heavy atom. The fourth-order valence-electron chi connectivity index (χ4n) is 1.44. The highest BCUT2D eigenvalue weighted by atomic mass is 16.5. The molecule has 1 unspecified atom stereocenters. The highest BCUT2D eigenvalue weighted by Crippen LogP contribution is 2.19. The second-order valence-electron chi connectivity index (χ2n) is 3.73. The van der Waals surface area contributed by atoms with Gasteiger partial charge in [0.15, 0.2) is 0 Å². The minimum absolute atomic E-state index is 0.319. The Balaban J connectivity index is 3.03. The lowest BCUT2D eigenvalue weighted by Crippen LogP contribution is -2.28. The van der Waals surface area contributed by atoms with Crippen molar-refractivity contribution in [3.63, 3.8) is 0 Å². The van der Waals surface area contributed by atoms with Crippen molar-refractivity contribution in [3.05, 3.63) is 29.3 Å². The number of rotatable bonds is 4. The number of methoxy groups -OCH3 is 1. The van der Waals surface area contributed by atoms with Gasteiger partial charge in [-0.15, -0.1) is 0 Å². The highest BCUT2D eigenvalue weighted by Gasteiger charge is 2.16. The molecule has 0 radical (unpaired) electrons. The number of hydrogen-bond donors (Lipinski definition) is 2. The van der Waals surface area contributed by atoms with Crippen LogP contribution in [-0.4, -0.2) is 25.0 Å². The first-order chi connectivity index (χ1) is 7.97. The molecule has 5 heteroatoms. The Kier molecular flexibility index (Phi) is 4.23. The van der Waals surface area contributed by atoms with Crippen LogP contribution in [0, 0.1) is 6.92 Å². The quantitative estimate of drug-likeness (QED) is 0.820. The van der Waals surface area contributed by atoms with Crippen molar-refractivity contribution in [1.29, 1.82) is 0 Å². The van der Waals surface area contributed by atoms with Gasteiger partial charge in [0.2, 0.25) is 0 Å². The lowest BCUT2D eigenvalue weighted by Gasteiger charge is -2.13. The first kappa shape index (κ1) is 13.2. The minimum Gasteiger partial charge on any atom is -0.372 e. The first-order valence-corrected chi connectivity index (χ1v) is 5.20. The molecular weight excluding hydrogens is 220 g/mol. The van der Waals surface area contributed by atoms with E-state index < -0.39 is 12.0 Å². The molecule has 0 aliphatic carbocycles. The van der Waals surface area contributed by atoms with Gasteiger partial charge in [-0.25, -0.2) is 0 Å². The molecule has 0 fully saturated rings. The van der Waals surface area contributed by atoms with Crippen LogP contribution in [0.2, 0.25) is 0 Å². The van der Waals surface area contributed by atoms with Crippen LogP contribution in [0.15, 0.2) is 18.2 Å². The second kappa shape index (κ2) is 5.45. The monoisotopic (exact) mass is 236 g/mol. The average Bonchev–Trinajstić information content (AvgIpc) is 2.27. The van der Waals surface area contributed by atoms with Gasteiger partial charge in [-0.3, -0.25) is 9.59 Å². The number of aryl methyl sites for hydroxylation is 1. The summed E-state index contributed by atoms with van der Waals surface area (Å²) in [6, 6.07) is 5.14. The summed E-state index contributed by atoms with van der Waals surface area (Å²) >= 11 is 0. The van der Waals surface area contributed by atoms with Gasteiger partial charge in [-0.1, -0.05) is 12.1 Å². The number of primary amides is 1. The topological polar surface area (TPSA) is 81.4 Å². The maximum atomic E-state index is 11.6. The first-order valence-electron chi connectivity index (χ1n) is 5.20. The van der Waals surface area contributed by atoms with Gasteiger partial charge in [0.25, 0.3) is 11.8 Å². The van der Waals surface area contributed by atoms with Crippen LogP contribution in [0.4, 0.5) is 5.69 Å². The summed E-state index contributed by atoms with van der Waals surface area (Å²) in [6.07, 6.45) is -0.587. The van der Waals surface area contributed by atoms with E-state index in [0.29, 0.717) is 11.3 Å². The van der Waals surface area contributed by atoms with E-state index in [-0.39, 0.29) is 5.91 Å². The Labute approximate surface area is 99.9 Å². The molecule has 1 aromatic rings. The van der Waals surface area contributed by atoms with E-state index in [9.17, 15) is 9.59 Å². The van der Waals surface area contributed by atoms with E-state index in [2.05, 4.69) is 5.32 Å². The molecule has 5 nitrogen and oxygen atoms in total. The minimum atomic E-state index is -0.587. The number of carbonyl (C=O) groups excluding carboxylic acids is 2. The van der Waals surface area contributed by atoms with Crippen molar-refractivity contribution < 1.29 is 14.3 Å². The Morgan fingerprint density at radius 3 is 2.59 bits per heavy atom. The van der Waals surface area contributed by atoms with Crippen LogP contribution < -0.4 is 11.1 Å². The summed E-state index contributed by atoms with van der Waals surface area (Å²) in [7, 11) is 1.44. The number of anilines is 1. The lowest BCUT2D eigenvalue weighted by molar-refractivity contribution is -0.124. The fourth-order valence-corrected chi connectivity index (χ4v) is 1.44. The third-order valence-electron chi connectivity index (χ3n) is 2.50. The summed E-state index contributed by atoms with van der Waals surface area (Å²) in [5.41, 5.74) is 6.73. The molecular formula is C12H16N2O3. The number of nitrogens with one attached hydrogen (secondary N) is 1. The Hall–Kier alpha value is -1.88. The SMILES string of the molecule is COC(C)C(=O)Nc1cccc(C)c1C(N)=O. The number of benzene rings is 1. The zero-order chi connectivity index (χ0) is 13.0. The predicted octanol–water partition coefficient (Wildman–Crippen LogP) is 1.07. The third kappa shape index (κ3) is 3.04. The van der Waals surface area contributed by atoms with Gasteiger partial charge in [0.05, 0.1) is 11.3 Å². The van der Waals surface area contributed by atoms with Crippen molar-refractivity contribution >= 4 is 17.5 Å². The van der Waals surface area contributed by atoms with E-state index >= 15 is 0 Å². The van der Waals surface area contributed by atoms with E-state index in [1.54, 1.807) is 32.0 Å². The zero-order valence-electron chi connectivity index (χ0n) is 10.1. The second-order valence-corrected chi connectivity index (χ2v) is 3.73. The molecule has 0 saturated carbocycles. The molecule has 92 valence electrons. The van der Waals surface area contributed by atoms with Crippen LogP contribution in [0.3, 0.4) is 0 Å². The van der Waals surface area contributed by atoms with Crippen molar-refractivity contribution in [2.75, 3.05) is 12.4 Å². The van der Waals surface area contributed by atoms with Crippen LogP contribution in [0.25, 0.3) is 0 Å². The standard InChI is InChI=1S/C12H16N2O3/c1-7-5-4-6-9(10(7)11(13)15)14-12(16)8(2)17-3/h4-6,8H,1-3H3,(H2,13,15)(H,14,16). The van der Waals surface area contributed by atoms with Gasteiger partial charge in [0, 0.05) is 7.11 Å². The molecule has 0 bridgehead atoms. The fraction of sp³-hybridized carbons (Fsp3) is 0.333. The summed E-state index contributed by atoms with van der Waals surface area (Å²) in [5.74, 6) is -0.885. The maximum Gasteiger partial charge on any atom is 0.253 e. The van der Waals surface area contributed by atoms with Crippen LogP contribution in [-0.2, 0) is 9.53 Å². The molecule has 1 atom stereocenters. The van der Waals surface area contributed by atoms with Gasteiger partial charge >= 0.3 is 0 Å². The van der Waals surface area contributed by atoms with Gasteiger partial charge in [0.1, 0.15) is 6.10 Å². The lowest BCUT2D eigenvalue weighted by atomic mass is 10.1. The molecule has 1 aromatic carbocycles. The zero-order valence-corrected chi connectivity index (χ0v) is 10.1. The van der Waals surface area contributed by atoms with E-state index in [1.807, 2.05) is 0 Å². The van der Waals surface area contributed by atoms with E-state index in [0.717, 1.165) is 5.56 Å². The molecule has 17 heavy (non-hydrogen) atoms. The summed E-state index contributed by atoms with van der Waals surface area (Å²) in [6.45, 7) is 3.38. The molecule has 0 aromatic heterocycles. The normalized spacial score (nSPS) is 11.9. The van der Waals surface area contributed by atoms with Gasteiger partial charge in [-0.2, -0.15) is 0 Å². The number of amides is 2. The summed E-state index contributed by atoms with van der Waals surface area (Å²) in [5, 5.41) is 2.62. The van der Waals surface area contributed by atoms with Crippen molar-refractivity contribution in [2.45, 2.75) is 20.0 Å². The average molecular weight is 236 g/mol. The maximum absolute atomic E-state index is 11.6. The smallest absolute Gasteiger partial charge is 0.253 e. The number of ether oxygens (including phenoxy) is 1. The van der Waals surface area contributed by atoms with Gasteiger partial charge < -0.3 is 15.8 Å². The van der Waals surface area contributed by atoms with E-state index in [4.69, 9.17) is 10.5 Å². The summed E-state index contributed by atoms with van der Waals surface area (Å²) < 4.78 is 4.89. The number of hydrogen-bond acceptors (Lipinski definition) is 3. The molecule has 0 aliphatic rings. The number of carbonyl (C=O) groups is 2. The molecule has 0 spiro atoms. The largest absolute Gasteiger partial charge is 0.372 e. The van der Waals surface area contributed by atoms with Crippen LogP contribution in [0.5, 0.6) is 0 Å². The molecule has 2 amide bonds. The molecule has 0 aliphatic heterocycles. The molecule has 0 heterocycles.